The van der Waals surface area contributed by atoms with E-state index < -0.39 is 35.7 Å². The number of ether oxygens (including phenoxy) is 2. The summed E-state index contributed by atoms with van der Waals surface area (Å²) < 4.78 is 90.2. The summed E-state index contributed by atoms with van der Waals surface area (Å²) in [7, 11) is 0. The number of halogens is 6. The molecule has 39 heavy (non-hydrogen) atoms. The molecule has 2 saturated carbocycles. The van der Waals surface area contributed by atoms with Gasteiger partial charge in [0.25, 0.3) is 0 Å². The molecule has 2 fully saturated rings. The first-order chi connectivity index (χ1) is 18.7. The molecule has 0 atom stereocenters. The van der Waals surface area contributed by atoms with Gasteiger partial charge in [-0.25, -0.2) is 8.78 Å². The van der Waals surface area contributed by atoms with E-state index in [1.807, 2.05) is 0 Å². The average Bonchev–Trinajstić information content (AvgIpc) is 2.91. The molecule has 0 saturated heterocycles. The lowest BCUT2D eigenvalue weighted by molar-refractivity contribution is -0.185. The Labute approximate surface area is 227 Å². The molecule has 0 aromatic heterocycles. The monoisotopic (exact) mass is 556 g/mol. The molecule has 0 bridgehead atoms. The standard InChI is InChI=1S/C31H38F6O2/c1-2-3-4-5-20-6-8-21(9-7-20)22-10-12-23(13-11-22)24-14-16-26(17-15-24)39-31(36,37)25-18-27(32)29(28(33)19-25)38-30(34)35/h14-23,30H,2-13H2,1H3. The van der Waals surface area contributed by atoms with Crippen LogP contribution in [0.1, 0.15) is 101 Å². The van der Waals surface area contributed by atoms with Gasteiger partial charge in [0, 0.05) is 0 Å². The van der Waals surface area contributed by atoms with Gasteiger partial charge in [-0.1, -0.05) is 57.6 Å². The van der Waals surface area contributed by atoms with E-state index in [0.717, 1.165) is 36.2 Å². The van der Waals surface area contributed by atoms with E-state index >= 15 is 0 Å². The van der Waals surface area contributed by atoms with Crippen molar-refractivity contribution in [3.05, 3.63) is 59.2 Å². The van der Waals surface area contributed by atoms with E-state index in [1.54, 1.807) is 12.1 Å². The summed E-state index contributed by atoms with van der Waals surface area (Å²) in [5.74, 6) is -2.03. The van der Waals surface area contributed by atoms with Gasteiger partial charge >= 0.3 is 12.7 Å². The normalized spacial score (nSPS) is 24.1. The van der Waals surface area contributed by atoms with Gasteiger partial charge in [0.1, 0.15) is 5.75 Å². The fourth-order valence-corrected chi connectivity index (χ4v) is 6.50. The van der Waals surface area contributed by atoms with Gasteiger partial charge in [-0.05, 0) is 92.0 Å². The molecule has 216 valence electrons. The topological polar surface area (TPSA) is 18.5 Å². The molecule has 0 spiro atoms. The lowest BCUT2D eigenvalue weighted by atomic mass is 9.68. The second-order valence-electron chi connectivity index (χ2n) is 11.2. The zero-order valence-corrected chi connectivity index (χ0v) is 22.4. The molecule has 2 aromatic rings. The van der Waals surface area contributed by atoms with E-state index in [4.69, 9.17) is 4.74 Å². The Kier molecular flexibility index (Phi) is 10.1. The number of hydrogen-bond donors (Lipinski definition) is 0. The van der Waals surface area contributed by atoms with Gasteiger partial charge < -0.3 is 9.47 Å². The average molecular weight is 557 g/mol. The zero-order chi connectivity index (χ0) is 28.0. The Morgan fingerprint density at radius 2 is 1.38 bits per heavy atom. The second-order valence-corrected chi connectivity index (χ2v) is 11.2. The molecule has 2 aliphatic carbocycles. The highest BCUT2D eigenvalue weighted by Crippen LogP contribution is 2.45. The van der Waals surface area contributed by atoms with Crippen LogP contribution < -0.4 is 9.47 Å². The predicted molar refractivity (Wildman–Crippen MR) is 138 cm³/mol. The van der Waals surface area contributed by atoms with Crippen LogP contribution in [-0.4, -0.2) is 6.61 Å². The van der Waals surface area contributed by atoms with Crippen molar-refractivity contribution in [3.8, 4) is 11.5 Å². The fraction of sp³-hybridized carbons (Fsp3) is 0.613. The molecule has 8 heteroatoms. The van der Waals surface area contributed by atoms with Gasteiger partial charge in [-0.15, -0.1) is 0 Å². The van der Waals surface area contributed by atoms with Crippen molar-refractivity contribution in [1.82, 2.24) is 0 Å². The number of hydrogen-bond acceptors (Lipinski definition) is 2. The third kappa shape index (κ3) is 7.85. The van der Waals surface area contributed by atoms with Crippen LogP contribution in [0, 0.1) is 29.4 Å². The quantitative estimate of drug-likeness (QED) is 0.202. The summed E-state index contributed by atoms with van der Waals surface area (Å²) >= 11 is 0. The molecular weight excluding hydrogens is 518 g/mol. The second kappa shape index (κ2) is 13.3. The third-order valence-corrected chi connectivity index (χ3v) is 8.68. The van der Waals surface area contributed by atoms with Crippen molar-refractivity contribution in [2.24, 2.45) is 17.8 Å². The number of alkyl halides is 4. The molecule has 0 aliphatic heterocycles. The largest absolute Gasteiger partial charge is 0.429 e. The van der Waals surface area contributed by atoms with Gasteiger partial charge in [0.2, 0.25) is 0 Å². The van der Waals surface area contributed by atoms with Crippen LogP contribution in [0.15, 0.2) is 36.4 Å². The fourth-order valence-electron chi connectivity index (χ4n) is 6.50. The van der Waals surface area contributed by atoms with E-state index in [9.17, 15) is 26.3 Å². The van der Waals surface area contributed by atoms with Crippen molar-refractivity contribution in [2.45, 2.75) is 103 Å². The summed E-state index contributed by atoms with van der Waals surface area (Å²) in [6.45, 7) is -1.24. The summed E-state index contributed by atoms with van der Waals surface area (Å²) in [6, 6.07) is 6.84. The molecule has 2 nitrogen and oxygen atoms in total. The first kappa shape index (κ1) is 29.6. The summed E-state index contributed by atoms with van der Waals surface area (Å²) in [5, 5.41) is 0. The first-order valence-corrected chi connectivity index (χ1v) is 14.3. The highest BCUT2D eigenvalue weighted by atomic mass is 19.3. The third-order valence-electron chi connectivity index (χ3n) is 8.68. The molecule has 0 amide bonds. The van der Waals surface area contributed by atoms with Crippen LogP contribution in [0.5, 0.6) is 11.5 Å². The van der Waals surface area contributed by atoms with E-state index in [0.29, 0.717) is 5.92 Å². The SMILES string of the molecule is CCCCCC1CCC(C2CCC(c3ccc(OC(F)(F)c4cc(F)c(OC(F)F)c(F)c4)cc3)CC2)CC1. The number of unbranched alkanes of at least 4 members (excludes halogenated alkanes) is 2. The van der Waals surface area contributed by atoms with E-state index in [1.165, 1.54) is 76.3 Å². The highest BCUT2D eigenvalue weighted by Gasteiger charge is 2.37. The first-order valence-electron chi connectivity index (χ1n) is 14.3. The van der Waals surface area contributed by atoms with Crippen molar-refractivity contribution in [2.75, 3.05) is 0 Å². The van der Waals surface area contributed by atoms with Gasteiger partial charge in [-0.2, -0.15) is 17.6 Å². The lowest BCUT2D eigenvalue weighted by Crippen LogP contribution is -2.25. The maximum atomic E-state index is 14.6. The molecule has 2 aromatic carbocycles. The minimum Gasteiger partial charge on any atom is -0.429 e. The molecule has 0 radical (unpaired) electrons. The number of rotatable bonds is 11. The van der Waals surface area contributed by atoms with Crippen molar-refractivity contribution in [1.29, 1.82) is 0 Å². The van der Waals surface area contributed by atoms with E-state index in [-0.39, 0.29) is 17.9 Å². The van der Waals surface area contributed by atoms with Crippen LogP contribution in [-0.2, 0) is 6.11 Å². The molecule has 0 unspecified atom stereocenters. The predicted octanol–water partition coefficient (Wildman–Crippen LogP) is 10.4. The van der Waals surface area contributed by atoms with Crippen LogP contribution in [0.4, 0.5) is 26.3 Å². The highest BCUT2D eigenvalue weighted by molar-refractivity contribution is 5.35. The van der Waals surface area contributed by atoms with Gasteiger partial charge in [0.15, 0.2) is 17.4 Å². The lowest BCUT2D eigenvalue weighted by Gasteiger charge is -2.38. The maximum absolute atomic E-state index is 14.6. The van der Waals surface area contributed by atoms with Gasteiger partial charge in [0.05, 0.1) is 5.56 Å². The van der Waals surface area contributed by atoms with E-state index in [2.05, 4.69) is 11.7 Å². The molecule has 2 aliphatic rings. The minimum atomic E-state index is -4.08. The van der Waals surface area contributed by atoms with Crippen molar-refractivity contribution < 1.29 is 35.8 Å². The maximum Gasteiger partial charge on any atom is 0.426 e. The van der Waals surface area contributed by atoms with Crippen molar-refractivity contribution in [3.63, 3.8) is 0 Å². The molecule has 4 rings (SSSR count). The summed E-state index contributed by atoms with van der Waals surface area (Å²) in [6.07, 6.45) is 11.2. The van der Waals surface area contributed by atoms with Gasteiger partial charge in [-0.3, -0.25) is 0 Å². The van der Waals surface area contributed by atoms with Crippen molar-refractivity contribution >= 4 is 0 Å². The number of benzene rings is 2. The zero-order valence-electron chi connectivity index (χ0n) is 22.4. The Morgan fingerprint density at radius 1 is 0.821 bits per heavy atom. The molecule has 0 heterocycles. The Morgan fingerprint density at radius 3 is 1.92 bits per heavy atom. The minimum absolute atomic E-state index is 0.165. The Bertz CT molecular complexity index is 1020. The molecule has 0 N–H and O–H groups in total. The Hall–Kier alpha value is -2.38. The van der Waals surface area contributed by atoms with Crippen LogP contribution >= 0.6 is 0 Å². The summed E-state index contributed by atoms with van der Waals surface area (Å²) in [5.41, 5.74) is -0.0779. The van der Waals surface area contributed by atoms with Crippen LogP contribution in [0.3, 0.4) is 0 Å². The molecular formula is C31H38F6O2. The summed E-state index contributed by atoms with van der Waals surface area (Å²) in [4.78, 5) is 0. The smallest absolute Gasteiger partial charge is 0.426 e. The van der Waals surface area contributed by atoms with Crippen LogP contribution in [0.25, 0.3) is 0 Å². The van der Waals surface area contributed by atoms with Crippen LogP contribution in [0.2, 0.25) is 0 Å². The Balaban J connectivity index is 1.28.